The largest absolute Gasteiger partial charge is 0.444 e. The van der Waals surface area contributed by atoms with Gasteiger partial charge in [-0.2, -0.15) is 0 Å². The van der Waals surface area contributed by atoms with Crippen molar-refractivity contribution in [2.75, 3.05) is 13.1 Å². The van der Waals surface area contributed by atoms with Crippen molar-refractivity contribution >= 4 is 17.9 Å². The maximum Gasteiger partial charge on any atom is 0.408 e. The lowest BCUT2D eigenvalue weighted by molar-refractivity contribution is -0.142. The minimum absolute atomic E-state index is 0.199. The number of nitrogens with zero attached hydrogens (tertiary/aromatic N) is 1. The van der Waals surface area contributed by atoms with Gasteiger partial charge in [0, 0.05) is 13.1 Å². The van der Waals surface area contributed by atoms with Gasteiger partial charge >= 0.3 is 6.09 Å². The Hall–Kier alpha value is -2.57. The van der Waals surface area contributed by atoms with Crippen LogP contribution >= 0.6 is 0 Å². The second-order valence-corrected chi connectivity index (χ2v) is 10.1. The molecule has 2 atom stereocenters. The van der Waals surface area contributed by atoms with E-state index in [1.54, 1.807) is 32.6 Å². The number of benzene rings is 1. The number of carbonyl (C=O) groups excluding carboxylic acids is 3. The molecule has 7 heteroatoms. The summed E-state index contributed by atoms with van der Waals surface area (Å²) in [5.74, 6) is -0.512. The van der Waals surface area contributed by atoms with E-state index in [4.69, 9.17) is 4.74 Å². The summed E-state index contributed by atoms with van der Waals surface area (Å²) in [5, 5.41) is 5.67. The van der Waals surface area contributed by atoms with E-state index in [-0.39, 0.29) is 11.8 Å². The van der Waals surface area contributed by atoms with Crippen LogP contribution in [0.15, 0.2) is 18.2 Å². The minimum Gasteiger partial charge on any atom is -0.444 e. The van der Waals surface area contributed by atoms with Gasteiger partial charge in [-0.05, 0) is 59.9 Å². The van der Waals surface area contributed by atoms with Crippen molar-refractivity contribution in [1.82, 2.24) is 15.5 Å². The molecule has 2 unspecified atom stereocenters. The van der Waals surface area contributed by atoms with Gasteiger partial charge in [0.05, 0.1) is 0 Å². The summed E-state index contributed by atoms with van der Waals surface area (Å²) >= 11 is 0. The fourth-order valence-corrected chi connectivity index (χ4v) is 3.81. The zero-order valence-corrected chi connectivity index (χ0v) is 22.4. The van der Waals surface area contributed by atoms with Crippen LogP contribution in [0.2, 0.25) is 0 Å². The third-order valence-electron chi connectivity index (χ3n) is 5.34. The van der Waals surface area contributed by atoms with E-state index < -0.39 is 23.8 Å². The number of rotatable bonds is 12. The maximum atomic E-state index is 13.6. The number of amides is 3. The summed E-state index contributed by atoms with van der Waals surface area (Å²) in [5.41, 5.74) is 2.16. The first-order valence-electron chi connectivity index (χ1n) is 12.6. The normalized spacial score (nSPS) is 13.1. The number of carbonyl (C=O) groups is 3. The molecule has 3 amide bonds. The Labute approximate surface area is 206 Å². The molecule has 0 saturated carbocycles. The predicted octanol–water partition coefficient (Wildman–Crippen LogP) is 5.19. The zero-order chi connectivity index (χ0) is 25.9. The molecule has 0 aliphatic carbocycles. The van der Waals surface area contributed by atoms with E-state index >= 15 is 0 Å². The van der Waals surface area contributed by atoms with Crippen molar-refractivity contribution in [2.24, 2.45) is 0 Å². The molecule has 0 saturated heterocycles. The molecular weight excluding hydrogens is 430 g/mol. The molecule has 0 spiro atoms. The summed E-state index contributed by atoms with van der Waals surface area (Å²) < 4.78 is 5.32. The molecule has 192 valence electrons. The molecule has 0 aliphatic heterocycles. The van der Waals surface area contributed by atoms with E-state index in [1.165, 1.54) is 0 Å². The average Bonchev–Trinajstić information content (AvgIpc) is 2.71. The van der Waals surface area contributed by atoms with Gasteiger partial charge in [-0.3, -0.25) is 9.59 Å². The van der Waals surface area contributed by atoms with E-state index in [0.717, 1.165) is 48.8 Å². The van der Waals surface area contributed by atoms with Crippen LogP contribution in [0.25, 0.3) is 0 Å². The zero-order valence-electron chi connectivity index (χ0n) is 22.4. The van der Waals surface area contributed by atoms with Crippen molar-refractivity contribution in [2.45, 2.75) is 105 Å². The molecule has 1 aromatic carbocycles. The van der Waals surface area contributed by atoms with E-state index in [9.17, 15) is 14.4 Å². The van der Waals surface area contributed by atoms with E-state index in [2.05, 4.69) is 17.6 Å². The molecule has 0 heterocycles. The second-order valence-electron chi connectivity index (χ2n) is 10.1. The number of nitrogens with one attached hydrogen (secondary N) is 2. The maximum absolute atomic E-state index is 13.6. The Morgan fingerprint density at radius 3 is 2.09 bits per heavy atom. The Bertz CT molecular complexity index is 796. The van der Waals surface area contributed by atoms with Crippen LogP contribution in [-0.2, 0) is 14.3 Å². The standard InChI is InChI=1S/C27H45N3O4/c1-9-11-13-14-28-24(31)23(22-17-19(3)16-20(4)18-22)30(15-12-10-2)25(32)21(5)29-26(33)34-27(6,7)8/h16-18,21,23H,9-15H2,1-8H3,(H,28,31)(H,29,33). The third-order valence-corrected chi connectivity index (χ3v) is 5.34. The molecule has 34 heavy (non-hydrogen) atoms. The van der Waals surface area contributed by atoms with Crippen LogP contribution in [-0.4, -0.2) is 47.5 Å². The molecule has 0 fully saturated rings. The number of alkyl carbamates (subject to hydrolysis) is 1. The highest BCUT2D eigenvalue weighted by atomic mass is 16.6. The first-order chi connectivity index (χ1) is 15.9. The fourth-order valence-electron chi connectivity index (χ4n) is 3.81. The van der Waals surface area contributed by atoms with Gasteiger partial charge in [0.15, 0.2) is 0 Å². The van der Waals surface area contributed by atoms with Gasteiger partial charge in [0.2, 0.25) is 11.8 Å². The van der Waals surface area contributed by atoms with Gasteiger partial charge in [-0.1, -0.05) is 62.4 Å². The summed E-state index contributed by atoms with van der Waals surface area (Å²) in [4.78, 5) is 40.9. The highest BCUT2D eigenvalue weighted by molar-refractivity contribution is 5.92. The Balaban J connectivity index is 3.28. The SMILES string of the molecule is CCCCCNC(=O)C(c1cc(C)cc(C)c1)N(CCCC)C(=O)C(C)NC(=O)OC(C)(C)C. The number of hydrogen-bond acceptors (Lipinski definition) is 4. The predicted molar refractivity (Wildman–Crippen MR) is 137 cm³/mol. The minimum atomic E-state index is -0.840. The molecule has 0 aliphatic rings. The van der Waals surface area contributed by atoms with Crippen LogP contribution in [0, 0.1) is 13.8 Å². The summed E-state index contributed by atoms with van der Waals surface area (Å²) in [6.45, 7) is 16.0. The number of unbranched alkanes of at least 4 members (excludes halogenated alkanes) is 3. The van der Waals surface area contributed by atoms with Crippen LogP contribution in [0.3, 0.4) is 0 Å². The van der Waals surface area contributed by atoms with Crippen LogP contribution in [0.1, 0.15) is 96.4 Å². The molecule has 0 radical (unpaired) electrons. The third kappa shape index (κ3) is 10.1. The van der Waals surface area contributed by atoms with Crippen LogP contribution in [0.5, 0.6) is 0 Å². The van der Waals surface area contributed by atoms with Crippen molar-refractivity contribution in [1.29, 1.82) is 0 Å². The highest BCUT2D eigenvalue weighted by Gasteiger charge is 2.34. The smallest absolute Gasteiger partial charge is 0.408 e. The Morgan fingerprint density at radius 2 is 1.56 bits per heavy atom. The highest BCUT2D eigenvalue weighted by Crippen LogP contribution is 2.25. The number of ether oxygens (including phenoxy) is 1. The lowest BCUT2D eigenvalue weighted by Crippen LogP contribution is -2.52. The molecule has 2 N–H and O–H groups in total. The monoisotopic (exact) mass is 475 g/mol. The van der Waals surface area contributed by atoms with E-state index in [0.29, 0.717) is 13.1 Å². The summed E-state index contributed by atoms with van der Waals surface area (Å²) in [6, 6.07) is 4.35. The van der Waals surface area contributed by atoms with Crippen LogP contribution in [0.4, 0.5) is 4.79 Å². The number of aryl methyl sites for hydroxylation is 2. The summed E-state index contributed by atoms with van der Waals surface area (Å²) in [7, 11) is 0. The molecule has 0 bridgehead atoms. The fraction of sp³-hybridized carbons (Fsp3) is 0.667. The lowest BCUT2D eigenvalue weighted by atomic mass is 9.98. The van der Waals surface area contributed by atoms with Crippen molar-refractivity contribution < 1.29 is 19.1 Å². The van der Waals surface area contributed by atoms with Crippen molar-refractivity contribution in [3.05, 3.63) is 34.9 Å². The van der Waals surface area contributed by atoms with Gasteiger partial charge < -0.3 is 20.3 Å². The van der Waals surface area contributed by atoms with Gasteiger partial charge in [-0.15, -0.1) is 0 Å². The van der Waals surface area contributed by atoms with E-state index in [1.807, 2.05) is 39.0 Å². The first-order valence-corrected chi connectivity index (χ1v) is 12.6. The second kappa shape index (κ2) is 14.0. The molecule has 1 aromatic rings. The molecular formula is C27H45N3O4. The number of hydrogen-bond donors (Lipinski definition) is 2. The Kier molecular flexibility index (Phi) is 12.1. The molecule has 1 rings (SSSR count). The average molecular weight is 476 g/mol. The Morgan fingerprint density at radius 1 is 0.971 bits per heavy atom. The van der Waals surface area contributed by atoms with Crippen molar-refractivity contribution in [3.63, 3.8) is 0 Å². The van der Waals surface area contributed by atoms with Gasteiger partial charge in [0.1, 0.15) is 17.7 Å². The van der Waals surface area contributed by atoms with Gasteiger partial charge in [-0.25, -0.2) is 4.79 Å². The quantitative estimate of drug-likeness (QED) is 0.407. The topological polar surface area (TPSA) is 87.7 Å². The van der Waals surface area contributed by atoms with Crippen molar-refractivity contribution in [3.8, 4) is 0 Å². The van der Waals surface area contributed by atoms with Gasteiger partial charge in [0.25, 0.3) is 0 Å². The molecule has 0 aromatic heterocycles. The summed E-state index contributed by atoms with van der Waals surface area (Å²) in [6.07, 6.45) is 3.94. The first kappa shape index (κ1) is 29.5. The molecule has 7 nitrogen and oxygen atoms in total. The lowest BCUT2D eigenvalue weighted by Gasteiger charge is -2.34. The van der Waals surface area contributed by atoms with Crippen LogP contribution < -0.4 is 10.6 Å².